The molecule has 1 N–H and O–H groups in total. The number of rotatable bonds is 4. The zero-order valence-corrected chi connectivity index (χ0v) is 11.2. The van der Waals surface area contributed by atoms with Gasteiger partial charge in [0.15, 0.2) is 0 Å². The molecule has 1 fully saturated rings. The van der Waals surface area contributed by atoms with E-state index >= 15 is 0 Å². The van der Waals surface area contributed by atoms with Crippen LogP contribution in [0.1, 0.15) is 31.2 Å². The number of aryl methyl sites for hydroxylation is 2. The van der Waals surface area contributed by atoms with E-state index in [9.17, 15) is 5.11 Å². The minimum atomic E-state index is 0.232. The van der Waals surface area contributed by atoms with Gasteiger partial charge in [-0.05, 0) is 25.8 Å². The van der Waals surface area contributed by atoms with Crippen molar-refractivity contribution in [1.82, 2.24) is 14.7 Å². The molecule has 5 heteroatoms. The average molecular weight is 258 g/mol. The maximum Gasteiger partial charge on any atom is 0.0863 e. The highest BCUT2D eigenvalue weighted by molar-refractivity contribution is 6.31. The van der Waals surface area contributed by atoms with Gasteiger partial charge in [-0.1, -0.05) is 18.5 Å². The summed E-state index contributed by atoms with van der Waals surface area (Å²) in [5, 5.41) is 14.5. The smallest absolute Gasteiger partial charge is 0.0863 e. The number of likely N-dealkylation sites (tertiary alicyclic amines) is 1. The molecule has 2 heterocycles. The summed E-state index contributed by atoms with van der Waals surface area (Å²) < 4.78 is 1.87. The first-order valence-electron chi connectivity index (χ1n) is 6.22. The molecular weight excluding hydrogens is 238 g/mol. The van der Waals surface area contributed by atoms with Crippen LogP contribution in [0.15, 0.2) is 0 Å². The summed E-state index contributed by atoms with van der Waals surface area (Å²) in [6.45, 7) is 4.11. The third kappa shape index (κ3) is 2.49. The van der Waals surface area contributed by atoms with Crippen LogP contribution >= 0.6 is 11.6 Å². The van der Waals surface area contributed by atoms with Crippen molar-refractivity contribution in [3.63, 3.8) is 0 Å². The van der Waals surface area contributed by atoms with Gasteiger partial charge in [0.2, 0.25) is 0 Å². The van der Waals surface area contributed by atoms with E-state index < -0.39 is 0 Å². The second-order valence-corrected chi connectivity index (χ2v) is 5.01. The Morgan fingerprint density at radius 3 is 2.88 bits per heavy atom. The van der Waals surface area contributed by atoms with Crippen molar-refractivity contribution in [2.45, 2.75) is 38.8 Å². The molecule has 1 saturated heterocycles. The first-order valence-corrected chi connectivity index (χ1v) is 6.60. The van der Waals surface area contributed by atoms with Crippen molar-refractivity contribution in [2.75, 3.05) is 13.2 Å². The highest BCUT2D eigenvalue weighted by Gasteiger charge is 2.26. The maximum absolute atomic E-state index is 9.31. The highest BCUT2D eigenvalue weighted by Crippen LogP contribution is 2.25. The normalized spacial score (nSPS) is 21.3. The summed E-state index contributed by atoms with van der Waals surface area (Å²) in [5.41, 5.74) is 2.02. The van der Waals surface area contributed by atoms with E-state index in [4.69, 9.17) is 11.6 Å². The van der Waals surface area contributed by atoms with Crippen molar-refractivity contribution in [1.29, 1.82) is 0 Å². The number of aliphatic hydroxyl groups is 1. The highest BCUT2D eigenvalue weighted by atomic mass is 35.5. The first-order chi connectivity index (χ1) is 8.17. The molecule has 1 aliphatic rings. The van der Waals surface area contributed by atoms with E-state index in [1.54, 1.807) is 0 Å². The molecule has 0 saturated carbocycles. The molecule has 2 rings (SSSR count). The molecule has 0 bridgehead atoms. The Bertz CT molecular complexity index is 391. The Kier molecular flexibility index (Phi) is 4.07. The van der Waals surface area contributed by atoms with Crippen LogP contribution in [-0.2, 0) is 20.0 Å². The molecule has 1 atom stereocenters. The Hall–Kier alpha value is -0.580. The standard InChI is InChI=1S/C12H20ClN3O/c1-3-10-12(13)11(15(2)14-10)7-16-6-4-5-9(16)8-17/h9,17H,3-8H2,1-2H3/t9-/m0/s1. The van der Waals surface area contributed by atoms with E-state index in [0.29, 0.717) is 0 Å². The Labute approximate surface area is 107 Å². The number of halogens is 1. The molecule has 96 valence electrons. The number of nitrogens with zero attached hydrogens (tertiary/aromatic N) is 3. The van der Waals surface area contributed by atoms with Gasteiger partial charge in [-0.2, -0.15) is 5.10 Å². The molecule has 1 aromatic heterocycles. The lowest BCUT2D eigenvalue weighted by Crippen LogP contribution is -2.32. The topological polar surface area (TPSA) is 41.3 Å². The van der Waals surface area contributed by atoms with E-state index in [0.717, 1.165) is 48.8 Å². The van der Waals surface area contributed by atoms with Crippen LogP contribution < -0.4 is 0 Å². The predicted octanol–water partition coefficient (Wildman–Crippen LogP) is 1.59. The molecule has 0 amide bonds. The molecule has 1 aliphatic heterocycles. The molecule has 1 aromatic rings. The van der Waals surface area contributed by atoms with Crippen LogP contribution in [-0.4, -0.2) is 39.0 Å². The van der Waals surface area contributed by atoms with Crippen LogP contribution in [0, 0.1) is 0 Å². The molecule has 4 nitrogen and oxygen atoms in total. The largest absolute Gasteiger partial charge is 0.395 e. The van der Waals surface area contributed by atoms with Gasteiger partial charge in [-0.25, -0.2) is 0 Å². The second kappa shape index (κ2) is 5.38. The zero-order chi connectivity index (χ0) is 12.4. The molecule has 0 aromatic carbocycles. The lowest BCUT2D eigenvalue weighted by Gasteiger charge is -2.22. The van der Waals surface area contributed by atoms with E-state index in [2.05, 4.69) is 16.9 Å². The predicted molar refractivity (Wildman–Crippen MR) is 68.1 cm³/mol. The number of aromatic nitrogens is 2. The van der Waals surface area contributed by atoms with Gasteiger partial charge in [0.25, 0.3) is 0 Å². The first kappa shape index (κ1) is 12.9. The molecule has 0 aliphatic carbocycles. The zero-order valence-electron chi connectivity index (χ0n) is 10.5. The summed E-state index contributed by atoms with van der Waals surface area (Å²) in [7, 11) is 1.93. The lowest BCUT2D eigenvalue weighted by atomic mass is 10.2. The fourth-order valence-corrected chi connectivity index (χ4v) is 2.85. The van der Waals surface area contributed by atoms with Crippen molar-refractivity contribution >= 4 is 11.6 Å². The third-order valence-corrected chi connectivity index (χ3v) is 4.00. The second-order valence-electron chi connectivity index (χ2n) is 4.63. The fraction of sp³-hybridized carbons (Fsp3) is 0.750. The van der Waals surface area contributed by atoms with Crippen molar-refractivity contribution in [3.8, 4) is 0 Å². The van der Waals surface area contributed by atoms with Gasteiger partial charge in [0.1, 0.15) is 0 Å². The van der Waals surface area contributed by atoms with Gasteiger partial charge >= 0.3 is 0 Å². The fourth-order valence-electron chi connectivity index (χ4n) is 2.49. The summed E-state index contributed by atoms with van der Waals surface area (Å²) in [6.07, 6.45) is 3.09. The summed E-state index contributed by atoms with van der Waals surface area (Å²) >= 11 is 6.33. The number of hydrogen-bond donors (Lipinski definition) is 1. The van der Waals surface area contributed by atoms with Gasteiger partial charge < -0.3 is 5.11 Å². The summed E-state index contributed by atoms with van der Waals surface area (Å²) in [4.78, 5) is 2.29. The van der Waals surface area contributed by atoms with Crippen LogP contribution in [0.4, 0.5) is 0 Å². The minimum absolute atomic E-state index is 0.232. The van der Waals surface area contributed by atoms with Crippen molar-refractivity contribution in [2.24, 2.45) is 7.05 Å². The quantitative estimate of drug-likeness (QED) is 0.891. The van der Waals surface area contributed by atoms with Crippen LogP contribution in [0.25, 0.3) is 0 Å². The Balaban J connectivity index is 2.15. The summed E-state index contributed by atoms with van der Waals surface area (Å²) in [5.74, 6) is 0. The average Bonchev–Trinajstić information content (AvgIpc) is 2.88. The van der Waals surface area contributed by atoms with Gasteiger partial charge in [-0.3, -0.25) is 9.58 Å². The SMILES string of the molecule is CCc1nn(C)c(CN2CCC[C@H]2CO)c1Cl. The monoisotopic (exact) mass is 257 g/mol. The maximum atomic E-state index is 9.31. The van der Waals surface area contributed by atoms with Gasteiger partial charge in [-0.15, -0.1) is 0 Å². The van der Waals surface area contributed by atoms with E-state index in [-0.39, 0.29) is 12.6 Å². The summed E-state index contributed by atoms with van der Waals surface area (Å²) in [6, 6.07) is 0.283. The molecule has 0 radical (unpaired) electrons. The van der Waals surface area contributed by atoms with E-state index in [1.807, 2.05) is 11.7 Å². The lowest BCUT2D eigenvalue weighted by molar-refractivity contribution is 0.151. The van der Waals surface area contributed by atoms with Crippen molar-refractivity contribution in [3.05, 3.63) is 16.4 Å². The number of aliphatic hydroxyl groups excluding tert-OH is 1. The van der Waals surface area contributed by atoms with E-state index in [1.165, 1.54) is 0 Å². The van der Waals surface area contributed by atoms with Crippen LogP contribution in [0.2, 0.25) is 5.02 Å². The van der Waals surface area contributed by atoms with Gasteiger partial charge in [0.05, 0.1) is 23.0 Å². The third-order valence-electron chi connectivity index (χ3n) is 3.57. The van der Waals surface area contributed by atoms with Crippen LogP contribution in [0.5, 0.6) is 0 Å². The van der Waals surface area contributed by atoms with Gasteiger partial charge in [0, 0.05) is 19.6 Å². The Morgan fingerprint density at radius 2 is 2.29 bits per heavy atom. The molecule has 17 heavy (non-hydrogen) atoms. The Morgan fingerprint density at radius 1 is 1.53 bits per heavy atom. The molecule has 0 spiro atoms. The number of hydrogen-bond acceptors (Lipinski definition) is 3. The molecule has 0 unspecified atom stereocenters. The molecular formula is C12H20ClN3O. The van der Waals surface area contributed by atoms with Crippen molar-refractivity contribution < 1.29 is 5.11 Å². The minimum Gasteiger partial charge on any atom is -0.395 e. The van der Waals surface area contributed by atoms with Crippen LogP contribution in [0.3, 0.4) is 0 Å².